The number of rotatable bonds is 8. The van der Waals surface area contributed by atoms with Crippen LogP contribution in [0.15, 0.2) is 11.6 Å². The zero-order chi connectivity index (χ0) is 14.4. The van der Waals surface area contributed by atoms with Gasteiger partial charge in [-0.05, 0) is 45.3 Å². The van der Waals surface area contributed by atoms with E-state index in [1.165, 1.54) is 43.8 Å². The third-order valence-electron chi connectivity index (χ3n) is 4.92. The van der Waals surface area contributed by atoms with Gasteiger partial charge in [0.05, 0.1) is 5.01 Å². The number of hydrogen-bond donors (Lipinski definition) is 1. The van der Waals surface area contributed by atoms with Gasteiger partial charge in [0.15, 0.2) is 0 Å². The number of aromatic nitrogens is 1. The maximum Gasteiger partial charge on any atom is 0.0941 e. The average molecular weight is 295 g/mol. The molecule has 1 unspecified atom stereocenters. The highest BCUT2D eigenvalue weighted by molar-refractivity contribution is 7.09. The minimum atomic E-state index is 0.290. The topological polar surface area (TPSA) is 28.2 Å². The van der Waals surface area contributed by atoms with Gasteiger partial charge >= 0.3 is 0 Å². The molecule has 2 heterocycles. The predicted molar refractivity (Wildman–Crippen MR) is 87.4 cm³/mol. The first-order chi connectivity index (χ1) is 9.76. The van der Waals surface area contributed by atoms with Crippen molar-refractivity contribution in [2.45, 2.75) is 64.5 Å². The highest BCUT2D eigenvalue weighted by Crippen LogP contribution is 2.33. The maximum absolute atomic E-state index is 4.51. The molecule has 0 saturated carbocycles. The molecule has 20 heavy (non-hydrogen) atoms. The second-order valence-corrected chi connectivity index (χ2v) is 6.72. The second kappa shape index (κ2) is 7.53. The van der Waals surface area contributed by atoms with Gasteiger partial charge in [-0.3, -0.25) is 4.90 Å². The lowest BCUT2D eigenvalue weighted by Crippen LogP contribution is -2.61. The summed E-state index contributed by atoms with van der Waals surface area (Å²) in [6.45, 7) is 10.5. The molecule has 1 aliphatic heterocycles. The van der Waals surface area contributed by atoms with Crippen molar-refractivity contribution in [2.24, 2.45) is 0 Å². The Hall–Kier alpha value is -0.450. The van der Waals surface area contributed by atoms with Gasteiger partial charge in [-0.25, -0.2) is 4.98 Å². The molecular formula is C16H29N3S. The molecule has 1 N–H and O–H groups in total. The van der Waals surface area contributed by atoms with Crippen LogP contribution in [0.3, 0.4) is 0 Å². The van der Waals surface area contributed by atoms with Gasteiger partial charge in [0.25, 0.3) is 0 Å². The highest BCUT2D eigenvalue weighted by Gasteiger charge is 2.41. The van der Waals surface area contributed by atoms with Crippen molar-refractivity contribution in [1.82, 2.24) is 15.2 Å². The van der Waals surface area contributed by atoms with Gasteiger partial charge < -0.3 is 5.32 Å². The maximum atomic E-state index is 4.51. The van der Waals surface area contributed by atoms with Gasteiger partial charge in [0.2, 0.25) is 0 Å². The number of nitrogens with one attached hydrogen (secondary N) is 1. The Labute approximate surface area is 127 Å². The number of likely N-dealkylation sites (tertiary alicyclic amines) is 1. The molecule has 1 aromatic heterocycles. The molecule has 1 saturated heterocycles. The highest BCUT2D eigenvalue weighted by atomic mass is 32.1. The van der Waals surface area contributed by atoms with Crippen LogP contribution in [0.1, 0.15) is 51.5 Å². The van der Waals surface area contributed by atoms with Crippen molar-refractivity contribution in [3.05, 3.63) is 16.6 Å². The van der Waals surface area contributed by atoms with Crippen LogP contribution >= 0.6 is 11.3 Å². The van der Waals surface area contributed by atoms with Crippen LogP contribution < -0.4 is 5.32 Å². The van der Waals surface area contributed by atoms with Crippen molar-refractivity contribution >= 4 is 11.3 Å². The summed E-state index contributed by atoms with van der Waals surface area (Å²) in [4.78, 5) is 7.25. The molecule has 2 rings (SSSR count). The average Bonchev–Trinajstić information content (AvgIpc) is 3.14. The van der Waals surface area contributed by atoms with Crippen LogP contribution in [0, 0.1) is 0 Å². The fourth-order valence-electron chi connectivity index (χ4n) is 3.80. The van der Waals surface area contributed by atoms with Gasteiger partial charge in [-0.15, -0.1) is 11.3 Å². The Balaban J connectivity index is 2.21. The molecule has 114 valence electrons. The van der Waals surface area contributed by atoms with Gasteiger partial charge in [-0.2, -0.15) is 0 Å². The molecule has 1 atom stereocenters. The summed E-state index contributed by atoms with van der Waals surface area (Å²) in [5.74, 6) is 0. The lowest BCUT2D eigenvalue weighted by molar-refractivity contribution is 0.0626. The number of hydrogen-bond acceptors (Lipinski definition) is 4. The molecule has 0 bridgehead atoms. The Morgan fingerprint density at radius 2 is 2.00 bits per heavy atom. The first kappa shape index (κ1) is 15.9. The first-order valence-electron chi connectivity index (χ1n) is 8.13. The van der Waals surface area contributed by atoms with E-state index in [1.54, 1.807) is 11.3 Å². The van der Waals surface area contributed by atoms with Gasteiger partial charge in [-0.1, -0.05) is 20.8 Å². The van der Waals surface area contributed by atoms with Crippen LogP contribution in [0.5, 0.6) is 0 Å². The summed E-state index contributed by atoms with van der Waals surface area (Å²) in [5.41, 5.74) is 0.290. The Kier molecular flexibility index (Phi) is 6.00. The fourth-order valence-corrected chi connectivity index (χ4v) is 4.46. The number of likely N-dealkylation sites (N-methyl/N-ethyl adjacent to an activating group) is 1. The van der Waals surface area contributed by atoms with E-state index >= 15 is 0 Å². The molecule has 0 aromatic carbocycles. The van der Waals surface area contributed by atoms with Crippen LogP contribution in [0.25, 0.3) is 0 Å². The van der Waals surface area contributed by atoms with Crippen molar-refractivity contribution in [2.75, 3.05) is 19.6 Å². The summed E-state index contributed by atoms with van der Waals surface area (Å²) in [6.07, 6.45) is 8.14. The molecule has 3 nitrogen and oxygen atoms in total. The van der Waals surface area contributed by atoms with E-state index in [0.29, 0.717) is 6.04 Å². The monoisotopic (exact) mass is 295 g/mol. The largest absolute Gasteiger partial charge is 0.312 e. The van der Waals surface area contributed by atoms with Crippen molar-refractivity contribution in [1.29, 1.82) is 0 Å². The second-order valence-electron chi connectivity index (χ2n) is 5.75. The van der Waals surface area contributed by atoms with E-state index in [-0.39, 0.29) is 5.54 Å². The van der Waals surface area contributed by atoms with Gasteiger partial charge in [0.1, 0.15) is 0 Å². The van der Waals surface area contributed by atoms with Crippen LogP contribution in [0.4, 0.5) is 0 Å². The normalized spacial score (nSPS) is 18.6. The molecule has 1 fully saturated rings. The summed E-state index contributed by atoms with van der Waals surface area (Å²) in [5, 5.41) is 7.12. The summed E-state index contributed by atoms with van der Waals surface area (Å²) in [7, 11) is 0. The molecule has 0 spiro atoms. The molecule has 1 aromatic rings. The van der Waals surface area contributed by atoms with Crippen LogP contribution in [0.2, 0.25) is 0 Å². The molecule has 0 aliphatic carbocycles. The lowest BCUT2D eigenvalue weighted by Gasteiger charge is -2.47. The van der Waals surface area contributed by atoms with E-state index < -0.39 is 0 Å². The minimum Gasteiger partial charge on any atom is -0.312 e. The third kappa shape index (κ3) is 3.23. The zero-order valence-corrected chi connectivity index (χ0v) is 14.0. The Bertz CT molecular complexity index is 367. The quantitative estimate of drug-likeness (QED) is 0.797. The fraction of sp³-hybridized carbons (Fsp3) is 0.812. The van der Waals surface area contributed by atoms with Crippen LogP contribution in [-0.2, 0) is 6.42 Å². The predicted octanol–water partition coefficient (Wildman–Crippen LogP) is 3.32. The van der Waals surface area contributed by atoms with Crippen molar-refractivity contribution < 1.29 is 0 Å². The molecule has 1 aliphatic rings. The van der Waals surface area contributed by atoms with Crippen LogP contribution in [-0.4, -0.2) is 41.1 Å². The third-order valence-corrected chi connectivity index (χ3v) is 5.72. The molecular weight excluding hydrogens is 266 g/mol. The minimum absolute atomic E-state index is 0.290. The SMILES string of the molecule is CCNC(Cc1nccs1)C(CC)(CC)N1CCCC1. The molecule has 0 amide bonds. The van der Waals surface area contributed by atoms with Crippen molar-refractivity contribution in [3.63, 3.8) is 0 Å². The Morgan fingerprint density at radius 1 is 1.30 bits per heavy atom. The van der Waals surface area contributed by atoms with Crippen molar-refractivity contribution in [3.8, 4) is 0 Å². The number of nitrogens with zero attached hydrogens (tertiary/aromatic N) is 2. The zero-order valence-electron chi connectivity index (χ0n) is 13.2. The van der Waals surface area contributed by atoms with E-state index in [0.717, 1.165) is 13.0 Å². The van der Waals surface area contributed by atoms with E-state index in [1.807, 2.05) is 6.20 Å². The smallest absolute Gasteiger partial charge is 0.0941 e. The number of thiazole rings is 1. The van der Waals surface area contributed by atoms with Gasteiger partial charge in [0, 0.05) is 29.6 Å². The summed E-state index contributed by atoms with van der Waals surface area (Å²) >= 11 is 1.79. The van der Waals surface area contributed by atoms with E-state index in [4.69, 9.17) is 0 Å². The first-order valence-corrected chi connectivity index (χ1v) is 9.01. The standard InChI is InChI=1S/C16H29N3S/c1-4-16(5-2,19-10-7-8-11-19)14(17-6-3)13-15-18-9-12-20-15/h9,12,14,17H,4-8,10-11,13H2,1-3H3. The van der Waals surface area contributed by atoms with E-state index in [2.05, 4.69) is 41.4 Å². The Morgan fingerprint density at radius 3 is 2.50 bits per heavy atom. The molecule has 0 radical (unpaired) electrons. The van der Waals surface area contributed by atoms with E-state index in [9.17, 15) is 0 Å². The molecule has 4 heteroatoms. The summed E-state index contributed by atoms with van der Waals surface area (Å²) in [6, 6.07) is 0.506. The summed E-state index contributed by atoms with van der Waals surface area (Å²) < 4.78 is 0. The lowest BCUT2D eigenvalue weighted by atomic mass is 9.81.